The van der Waals surface area contributed by atoms with Crippen molar-refractivity contribution in [3.8, 4) is 0 Å². The zero-order valence-electron chi connectivity index (χ0n) is 9.69. The Labute approximate surface area is 99.6 Å². The smallest absolute Gasteiger partial charge is 0.251 e. The largest absolute Gasteiger partial charge is 0.618 e. The summed E-state index contributed by atoms with van der Waals surface area (Å²) >= 11 is 1.23. The van der Waals surface area contributed by atoms with Gasteiger partial charge in [0.1, 0.15) is 0 Å². The van der Waals surface area contributed by atoms with Crippen LogP contribution >= 0.6 is 11.8 Å². The third-order valence-corrected chi connectivity index (χ3v) is 2.67. The highest BCUT2D eigenvalue weighted by Gasteiger charge is 2.15. The van der Waals surface area contributed by atoms with Crippen molar-refractivity contribution in [3.05, 3.63) is 29.6 Å². The lowest BCUT2D eigenvalue weighted by Gasteiger charge is -2.20. The van der Waals surface area contributed by atoms with Gasteiger partial charge in [0.2, 0.25) is 5.91 Å². The molecule has 88 valence electrons. The first-order chi connectivity index (χ1) is 7.38. The molecule has 1 N–H and O–H groups in total. The van der Waals surface area contributed by atoms with Gasteiger partial charge in [-0.25, -0.2) is 0 Å². The van der Waals surface area contributed by atoms with Gasteiger partial charge < -0.3 is 10.5 Å². The molecule has 0 aliphatic rings. The molecule has 1 aromatic heterocycles. The Morgan fingerprint density at radius 3 is 2.75 bits per heavy atom. The highest BCUT2D eigenvalue weighted by Crippen LogP contribution is 2.12. The number of carbonyl (C=O) groups is 1. The monoisotopic (exact) mass is 240 g/mol. The van der Waals surface area contributed by atoms with Gasteiger partial charge in [-0.05, 0) is 38.6 Å². The highest BCUT2D eigenvalue weighted by atomic mass is 32.2. The number of rotatable bonds is 3. The topological polar surface area (TPSA) is 56.0 Å². The first-order valence-electron chi connectivity index (χ1n) is 5.00. The van der Waals surface area contributed by atoms with Crippen molar-refractivity contribution >= 4 is 17.7 Å². The van der Waals surface area contributed by atoms with Gasteiger partial charge >= 0.3 is 0 Å². The summed E-state index contributed by atoms with van der Waals surface area (Å²) < 4.78 is 0.759. The van der Waals surface area contributed by atoms with Crippen LogP contribution in [-0.4, -0.2) is 17.2 Å². The minimum absolute atomic E-state index is 0.0682. The van der Waals surface area contributed by atoms with Gasteiger partial charge in [-0.1, -0.05) is 0 Å². The fourth-order valence-electron chi connectivity index (χ4n) is 1.12. The molecule has 16 heavy (non-hydrogen) atoms. The Morgan fingerprint density at radius 1 is 1.50 bits per heavy atom. The van der Waals surface area contributed by atoms with E-state index in [1.54, 1.807) is 18.2 Å². The Balaban J connectivity index is 2.47. The van der Waals surface area contributed by atoms with Crippen LogP contribution in [-0.2, 0) is 4.79 Å². The lowest BCUT2D eigenvalue weighted by Crippen LogP contribution is -2.41. The molecular formula is C11H16N2O2S. The predicted octanol–water partition coefficient (Wildman–Crippen LogP) is 1.33. The quantitative estimate of drug-likeness (QED) is 0.492. The minimum Gasteiger partial charge on any atom is -0.618 e. The van der Waals surface area contributed by atoms with Crippen molar-refractivity contribution in [2.75, 3.05) is 5.75 Å². The van der Waals surface area contributed by atoms with E-state index < -0.39 is 0 Å². The first-order valence-corrected chi connectivity index (χ1v) is 5.99. The molecule has 1 amide bonds. The van der Waals surface area contributed by atoms with Crippen LogP contribution in [0.25, 0.3) is 0 Å². The molecule has 0 unspecified atom stereocenters. The molecule has 0 aromatic carbocycles. The Kier molecular flexibility index (Phi) is 4.18. The van der Waals surface area contributed by atoms with E-state index in [1.807, 2.05) is 20.8 Å². The lowest BCUT2D eigenvalue weighted by molar-refractivity contribution is -0.645. The van der Waals surface area contributed by atoms with Crippen LogP contribution in [0.4, 0.5) is 0 Å². The Bertz CT molecular complexity index is 374. The van der Waals surface area contributed by atoms with Gasteiger partial charge in [0.15, 0.2) is 6.20 Å². The SMILES string of the molecule is CC(C)(C)NC(=O)CSc1cccc[n+]1[O-]. The molecule has 0 aliphatic heterocycles. The van der Waals surface area contributed by atoms with E-state index in [4.69, 9.17) is 0 Å². The van der Waals surface area contributed by atoms with Crippen molar-refractivity contribution in [1.29, 1.82) is 0 Å². The van der Waals surface area contributed by atoms with E-state index in [0.717, 1.165) is 4.73 Å². The van der Waals surface area contributed by atoms with Gasteiger partial charge in [-0.2, -0.15) is 4.73 Å². The molecule has 5 heteroatoms. The number of hydrogen-bond donors (Lipinski definition) is 1. The molecular weight excluding hydrogens is 224 g/mol. The van der Waals surface area contributed by atoms with Gasteiger partial charge in [0.05, 0.1) is 5.75 Å². The number of aromatic nitrogens is 1. The number of carbonyl (C=O) groups excluding carboxylic acids is 1. The van der Waals surface area contributed by atoms with Crippen LogP contribution in [0.3, 0.4) is 0 Å². The zero-order chi connectivity index (χ0) is 12.2. The molecule has 0 spiro atoms. The standard InChI is InChI=1S/C11H16N2O2S/c1-11(2,3)12-9(14)8-16-10-6-4-5-7-13(10)15/h4-7H,8H2,1-3H3,(H,12,14). The Morgan fingerprint density at radius 2 is 2.19 bits per heavy atom. The third kappa shape index (κ3) is 4.53. The van der Waals surface area contributed by atoms with E-state index >= 15 is 0 Å². The molecule has 0 atom stereocenters. The molecule has 0 radical (unpaired) electrons. The van der Waals surface area contributed by atoms with Crippen LogP contribution in [0.15, 0.2) is 29.4 Å². The number of hydrogen-bond acceptors (Lipinski definition) is 3. The third-order valence-electron chi connectivity index (χ3n) is 1.65. The summed E-state index contributed by atoms with van der Waals surface area (Å²) in [6.07, 6.45) is 1.42. The van der Waals surface area contributed by atoms with E-state index in [9.17, 15) is 10.0 Å². The normalized spacial score (nSPS) is 11.2. The molecule has 0 aliphatic carbocycles. The van der Waals surface area contributed by atoms with Crippen LogP contribution in [0.2, 0.25) is 0 Å². The maximum atomic E-state index is 11.5. The van der Waals surface area contributed by atoms with E-state index in [0.29, 0.717) is 5.03 Å². The van der Waals surface area contributed by atoms with Crippen molar-refractivity contribution < 1.29 is 9.52 Å². The molecule has 0 fully saturated rings. The van der Waals surface area contributed by atoms with E-state index in [1.165, 1.54) is 18.0 Å². The summed E-state index contributed by atoms with van der Waals surface area (Å²) in [6, 6.07) is 5.13. The van der Waals surface area contributed by atoms with Crippen LogP contribution in [0.1, 0.15) is 20.8 Å². The van der Waals surface area contributed by atoms with Crippen LogP contribution < -0.4 is 10.0 Å². The fraction of sp³-hybridized carbons (Fsp3) is 0.455. The molecule has 1 aromatic rings. The predicted molar refractivity (Wildman–Crippen MR) is 64.0 cm³/mol. The molecule has 4 nitrogen and oxygen atoms in total. The summed E-state index contributed by atoms with van der Waals surface area (Å²) in [5.41, 5.74) is -0.234. The number of amides is 1. The van der Waals surface area contributed by atoms with Crippen LogP contribution in [0.5, 0.6) is 0 Å². The van der Waals surface area contributed by atoms with E-state index in [2.05, 4.69) is 5.32 Å². The van der Waals surface area contributed by atoms with E-state index in [-0.39, 0.29) is 17.2 Å². The average molecular weight is 240 g/mol. The summed E-state index contributed by atoms with van der Waals surface area (Å²) in [5.74, 6) is 0.185. The van der Waals surface area contributed by atoms with Crippen molar-refractivity contribution in [1.82, 2.24) is 5.32 Å². The van der Waals surface area contributed by atoms with Gasteiger partial charge in [-0.3, -0.25) is 4.79 Å². The average Bonchev–Trinajstić information content (AvgIpc) is 2.14. The maximum Gasteiger partial charge on any atom is 0.251 e. The maximum absolute atomic E-state index is 11.5. The zero-order valence-corrected chi connectivity index (χ0v) is 10.5. The molecule has 0 bridgehead atoms. The Hall–Kier alpha value is -1.23. The van der Waals surface area contributed by atoms with Crippen molar-refractivity contribution in [3.63, 3.8) is 0 Å². The first kappa shape index (κ1) is 12.8. The second-order valence-corrected chi connectivity index (χ2v) is 5.45. The lowest BCUT2D eigenvalue weighted by atomic mass is 10.1. The van der Waals surface area contributed by atoms with Gasteiger partial charge in [-0.15, -0.1) is 0 Å². The number of thioether (sulfide) groups is 1. The van der Waals surface area contributed by atoms with Crippen molar-refractivity contribution in [2.45, 2.75) is 31.3 Å². The summed E-state index contributed by atoms with van der Waals surface area (Å²) in [7, 11) is 0. The minimum atomic E-state index is -0.234. The van der Waals surface area contributed by atoms with Crippen LogP contribution in [0, 0.1) is 5.21 Å². The second-order valence-electron chi connectivity index (χ2n) is 4.45. The van der Waals surface area contributed by atoms with Gasteiger partial charge in [0.25, 0.3) is 5.03 Å². The molecule has 1 heterocycles. The molecule has 0 saturated heterocycles. The summed E-state index contributed by atoms with van der Waals surface area (Å²) in [5, 5.41) is 14.7. The molecule has 0 saturated carbocycles. The fourth-order valence-corrected chi connectivity index (χ4v) is 1.83. The summed E-state index contributed by atoms with van der Waals surface area (Å²) in [6.45, 7) is 5.77. The summed E-state index contributed by atoms with van der Waals surface area (Å²) in [4.78, 5) is 11.5. The highest BCUT2D eigenvalue weighted by molar-refractivity contribution is 7.99. The molecule has 1 rings (SSSR count). The number of nitrogens with zero attached hydrogens (tertiary/aromatic N) is 1. The van der Waals surface area contributed by atoms with Gasteiger partial charge in [0, 0.05) is 17.7 Å². The number of pyridine rings is 1. The number of nitrogens with one attached hydrogen (secondary N) is 1. The second kappa shape index (κ2) is 5.21. The van der Waals surface area contributed by atoms with Crippen molar-refractivity contribution in [2.24, 2.45) is 0 Å².